The van der Waals surface area contributed by atoms with Crippen molar-refractivity contribution in [2.24, 2.45) is 0 Å². The van der Waals surface area contributed by atoms with Gasteiger partial charge in [0, 0.05) is 18.5 Å². The Morgan fingerprint density at radius 3 is 2.60 bits per heavy atom. The third-order valence-electron chi connectivity index (χ3n) is 5.38. The predicted molar refractivity (Wildman–Crippen MR) is 95.1 cm³/mol. The number of nitrogens with zero attached hydrogens (tertiary/aromatic N) is 1. The second-order valence-electron chi connectivity index (χ2n) is 7.00. The largest absolute Gasteiger partial charge is 0.497 e. The van der Waals surface area contributed by atoms with Gasteiger partial charge in [-0.2, -0.15) is 0 Å². The standard InChI is InChI=1S/C19H26N2O4/c1-19(18(23)20-13-6-4-5-7-13)11-10-17(22)21(19)15-9-8-14(24-2)12-16(15)25-3/h8-9,12-13H,4-7,10-11H2,1-3H3,(H,20,23)/t19-/m0/s1. The van der Waals surface area contributed by atoms with Gasteiger partial charge in [0.1, 0.15) is 17.0 Å². The van der Waals surface area contributed by atoms with Gasteiger partial charge in [-0.1, -0.05) is 12.8 Å². The smallest absolute Gasteiger partial charge is 0.246 e. The van der Waals surface area contributed by atoms with Crippen LogP contribution in [0, 0.1) is 0 Å². The minimum atomic E-state index is -0.901. The fraction of sp³-hybridized carbons (Fsp3) is 0.579. The van der Waals surface area contributed by atoms with Crippen molar-refractivity contribution in [3.63, 3.8) is 0 Å². The van der Waals surface area contributed by atoms with Crippen molar-refractivity contribution in [1.29, 1.82) is 0 Å². The number of ether oxygens (including phenoxy) is 2. The van der Waals surface area contributed by atoms with E-state index in [1.165, 1.54) is 0 Å². The number of carbonyl (C=O) groups is 2. The van der Waals surface area contributed by atoms with Crippen LogP contribution in [0.5, 0.6) is 11.5 Å². The fourth-order valence-electron chi connectivity index (χ4n) is 3.85. The maximum atomic E-state index is 13.0. The first-order chi connectivity index (χ1) is 12.0. The topological polar surface area (TPSA) is 67.9 Å². The highest BCUT2D eigenvalue weighted by Crippen LogP contribution is 2.41. The molecule has 1 aliphatic carbocycles. The van der Waals surface area contributed by atoms with Crippen LogP contribution in [0.1, 0.15) is 45.4 Å². The Kier molecular flexibility index (Phi) is 4.88. The third kappa shape index (κ3) is 3.17. The van der Waals surface area contributed by atoms with Crippen molar-refractivity contribution in [3.8, 4) is 11.5 Å². The number of hydrogen-bond donors (Lipinski definition) is 1. The zero-order valence-electron chi connectivity index (χ0n) is 15.1. The summed E-state index contributed by atoms with van der Waals surface area (Å²) in [5.41, 5.74) is -0.295. The lowest BCUT2D eigenvalue weighted by Crippen LogP contribution is -2.56. The van der Waals surface area contributed by atoms with Crippen molar-refractivity contribution in [1.82, 2.24) is 5.32 Å². The van der Waals surface area contributed by atoms with E-state index in [2.05, 4.69) is 5.32 Å². The number of benzene rings is 1. The second kappa shape index (κ2) is 6.94. The Balaban J connectivity index is 1.92. The summed E-state index contributed by atoms with van der Waals surface area (Å²) in [5.74, 6) is 1.02. The Morgan fingerprint density at radius 2 is 1.96 bits per heavy atom. The first kappa shape index (κ1) is 17.6. The van der Waals surface area contributed by atoms with Crippen molar-refractivity contribution in [2.75, 3.05) is 19.1 Å². The van der Waals surface area contributed by atoms with Gasteiger partial charge in [0.15, 0.2) is 0 Å². The van der Waals surface area contributed by atoms with E-state index in [9.17, 15) is 9.59 Å². The van der Waals surface area contributed by atoms with Crippen LogP contribution in [-0.2, 0) is 9.59 Å². The molecule has 25 heavy (non-hydrogen) atoms. The number of methoxy groups -OCH3 is 2. The first-order valence-electron chi connectivity index (χ1n) is 8.85. The molecule has 1 aromatic carbocycles. The lowest BCUT2D eigenvalue weighted by Gasteiger charge is -2.35. The van der Waals surface area contributed by atoms with E-state index in [0.29, 0.717) is 30.0 Å². The molecule has 6 nitrogen and oxygen atoms in total. The SMILES string of the molecule is COc1ccc(N2C(=O)CC[C@@]2(C)C(=O)NC2CCCC2)c(OC)c1. The van der Waals surface area contributed by atoms with Gasteiger partial charge in [0.2, 0.25) is 11.8 Å². The summed E-state index contributed by atoms with van der Waals surface area (Å²) < 4.78 is 10.7. The molecule has 0 unspecified atom stereocenters. The highest BCUT2D eigenvalue weighted by molar-refractivity contribution is 6.07. The summed E-state index contributed by atoms with van der Waals surface area (Å²) in [5, 5.41) is 3.14. The Morgan fingerprint density at radius 1 is 1.24 bits per heavy atom. The number of rotatable bonds is 5. The molecule has 0 spiro atoms. The van der Waals surface area contributed by atoms with Crippen LogP contribution in [0.25, 0.3) is 0 Å². The highest BCUT2D eigenvalue weighted by Gasteiger charge is 2.49. The summed E-state index contributed by atoms with van der Waals surface area (Å²) in [6.07, 6.45) is 5.18. The average molecular weight is 346 g/mol. The third-order valence-corrected chi connectivity index (χ3v) is 5.38. The lowest BCUT2D eigenvalue weighted by atomic mass is 9.96. The van der Waals surface area contributed by atoms with E-state index in [1.807, 2.05) is 6.92 Å². The van der Waals surface area contributed by atoms with Crippen LogP contribution in [0.15, 0.2) is 18.2 Å². The van der Waals surface area contributed by atoms with Gasteiger partial charge >= 0.3 is 0 Å². The molecule has 1 aliphatic heterocycles. The normalized spacial score (nSPS) is 23.8. The van der Waals surface area contributed by atoms with E-state index in [1.54, 1.807) is 37.3 Å². The molecule has 2 aliphatic rings. The predicted octanol–water partition coefficient (Wildman–Crippen LogP) is 2.65. The van der Waals surface area contributed by atoms with Gasteiger partial charge in [-0.05, 0) is 38.3 Å². The Labute approximate surface area is 148 Å². The molecule has 1 atom stereocenters. The fourth-order valence-corrected chi connectivity index (χ4v) is 3.85. The molecule has 1 saturated carbocycles. The second-order valence-corrected chi connectivity index (χ2v) is 7.00. The number of amides is 2. The van der Waals surface area contributed by atoms with Crippen molar-refractivity contribution in [2.45, 2.75) is 57.0 Å². The van der Waals surface area contributed by atoms with Gasteiger partial charge in [-0.15, -0.1) is 0 Å². The maximum Gasteiger partial charge on any atom is 0.246 e. The van der Waals surface area contributed by atoms with E-state index in [0.717, 1.165) is 25.7 Å². The quantitative estimate of drug-likeness (QED) is 0.890. The molecule has 0 radical (unpaired) electrons. The van der Waals surface area contributed by atoms with E-state index in [-0.39, 0.29) is 17.9 Å². The molecule has 3 rings (SSSR count). The van der Waals surface area contributed by atoms with Crippen molar-refractivity contribution < 1.29 is 19.1 Å². The first-order valence-corrected chi connectivity index (χ1v) is 8.85. The van der Waals surface area contributed by atoms with Crippen LogP contribution in [-0.4, -0.2) is 37.6 Å². The molecule has 0 aromatic heterocycles. The highest BCUT2D eigenvalue weighted by atomic mass is 16.5. The summed E-state index contributed by atoms with van der Waals surface area (Å²) in [6.45, 7) is 1.84. The van der Waals surface area contributed by atoms with Gasteiger partial charge in [-0.3, -0.25) is 14.5 Å². The average Bonchev–Trinajstić information content (AvgIpc) is 3.23. The number of nitrogens with one attached hydrogen (secondary N) is 1. The molecule has 0 bridgehead atoms. The summed E-state index contributed by atoms with van der Waals surface area (Å²) in [6, 6.07) is 5.51. The molecule has 1 N–H and O–H groups in total. The van der Waals surface area contributed by atoms with Crippen LogP contribution in [0.4, 0.5) is 5.69 Å². The Bertz CT molecular complexity index is 669. The van der Waals surface area contributed by atoms with Crippen molar-refractivity contribution in [3.05, 3.63) is 18.2 Å². The Hall–Kier alpha value is -2.24. The minimum Gasteiger partial charge on any atom is -0.497 e. The zero-order valence-corrected chi connectivity index (χ0v) is 15.1. The number of carbonyl (C=O) groups excluding carboxylic acids is 2. The molecule has 2 amide bonds. The molecule has 1 saturated heterocycles. The van der Waals surface area contributed by atoms with E-state index >= 15 is 0 Å². The van der Waals surface area contributed by atoms with E-state index < -0.39 is 5.54 Å². The number of anilines is 1. The summed E-state index contributed by atoms with van der Waals surface area (Å²) >= 11 is 0. The molecule has 1 aromatic rings. The molecule has 1 heterocycles. The van der Waals surface area contributed by atoms with E-state index in [4.69, 9.17) is 9.47 Å². The van der Waals surface area contributed by atoms with Crippen LogP contribution in [0.2, 0.25) is 0 Å². The molecule has 6 heteroatoms. The lowest BCUT2D eigenvalue weighted by molar-refractivity contribution is -0.127. The van der Waals surface area contributed by atoms with Gasteiger partial charge < -0.3 is 14.8 Å². The van der Waals surface area contributed by atoms with Crippen molar-refractivity contribution >= 4 is 17.5 Å². The van der Waals surface area contributed by atoms with Gasteiger partial charge in [0.25, 0.3) is 0 Å². The monoisotopic (exact) mass is 346 g/mol. The summed E-state index contributed by atoms with van der Waals surface area (Å²) in [4.78, 5) is 27.2. The number of hydrogen-bond acceptors (Lipinski definition) is 4. The molecule has 2 fully saturated rings. The van der Waals surface area contributed by atoms with Gasteiger partial charge in [-0.25, -0.2) is 0 Å². The minimum absolute atomic E-state index is 0.0625. The summed E-state index contributed by atoms with van der Waals surface area (Å²) in [7, 11) is 3.13. The van der Waals surface area contributed by atoms with Crippen LogP contribution < -0.4 is 19.7 Å². The molecular weight excluding hydrogens is 320 g/mol. The molecule has 136 valence electrons. The zero-order chi connectivity index (χ0) is 18.0. The van der Waals surface area contributed by atoms with Gasteiger partial charge in [0.05, 0.1) is 19.9 Å². The van der Waals surface area contributed by atoms with Crippen LogP contribution in [0.3, 0.4) is 0 Å². The van der Waals surface area contributed by atoms with Crippen LogP contribution >= 0.6 is 0 Å². The molecular formula is C19H26N2O4. The maximum absolute atomic E-state index is 13.0.